The molecule has 12 heteroatoms. The third kappa shape index (κ3) is 13.1. The fraction of sp³-hybridized carbons (Fsp3) is 0.400. The number of aryl methyl sites for hydroxylation is 2. The van der Waals surface area contributed by atoms with Gasteiger partial charge in [-0.3, -0.25) is 0 Å². The van der Waals surface area contributed by atoms with Crippen molar-refractivity contribution in [3.8, 4) is 11.1 Å². The molecular weight excluding hydrogens is 927 g/mol. The van der Waals surface area contributed by atoms with E-state index in [1.54, 1.807) is 9.80 Å². The summed E-state index contributed by atoms with van der Waals surface area (Å²) in [7, 11) is 0. The van der Waals surface area contributed by atoms with Crippen molar-refractivity contribution in [3.63, 3.8) is 0 Å². The molecule has 0 spiro atoms. The number of benzene rings is 6. The van der Waals surface area contributed by atoms with Gasteiger partial charge in [-0.2, -0.15) is 0 Å². The van der Waals surface area contributed by atoms with Crippen molar-refractivity contribution in [2.75, 3.05) is 62.7 Å². The van der Waals surface area contributed by atoms with E-state index in [0.29, 0.717) is 22.7 Å². The molecule has 0 unspecified atom stereocenters. The van der Waals surface area contributed by atoms with E-state index in [2.05, 4.69) is 13.8 Å². The predicted molar refractivity (Wildman–Crippen MR) is 274 cm³/mol. The number of ether oxygens (including phenoxy) is 4. The summed E-state index contributed by atoms with van der Waals surface area (Å²) in [4.78, 5) is 3.35. The smallest absolute Gasteiger partial charge is 0.194 e. The second-order valence-corrected chi connectivity index (χ2v) is 19.7. The Morgan fingerprint density at radius 1 is 0.403 bits per heavy atom. The molecule has 2 heterocycles. The van der Waals surface area contributed by atoms with Gasteiger partial charge in [-0.15, -0.1) is 0 Å². The van der Waals surface area contributed by atoms with Crippen LogP contribution in [0, 0.1) is 45.7 Å². The van der Waals surface area contributed by atoms with E-state index in [9.17, 15) is 26.3 Å². The van der Waals surface area contributed by atoms with Gasteiger partial charge in [-0.05, 0) is 122 Å². The lowest BCUT2D eigenvalue weighted by molar-refractivity contribution is -0.150. The highest BCUT2D eigenvalue weighted by Gasteiger charge is 2.37. The van der Waals surface area contributed by atoms with Crippen molar-refractivity contribution in [1.82, 2.24) is 0 Å². The molecule has 0 saturated carbocycles. The molecule has 6 nitrogen and oxygen atoms in total. The molecule has 2 saturated heterocycles. The first-order valence-electron chi connectivity index (χ1n) is 25.6. The SMILES string of the molecule is CCC1(COCCCCCCc2ccc(N(c3ccc(-c4ccc(N(c5ccc(CCCCCCOCC6(CC)COC6)cc5)c5cc(F)c(F)c(F)c5)cc4)cc3)c3cc(F)c(F)c(F)c3)cc2)COC1. The lowest BCUT2D eigenvalue weighted by atomic mass is 9.84. The fourth-order valence-electron chi connectivity index (χ4n) is 9.38. The molecule has 0 bridgehead atoms. The zero-order valence-corrected chi connectivity index (χ0v) is 41.5. The van der Waals surface area contributed by atoms with E-state index < -0.39 is 34.9 Å². The zero-order chi connectivity index (χ0) is 50.5. The van der Waals surface area contributed by atoms with Gasteiger partial charge in [-0.25, -0.2) is 26.3 Å². The van der Waals surface area contributed by atoms with E-state index in [0.717, 1.165) is 176 Å². The Morgan fingerprint density at radius 2 is 0.708 bits per heavy atom. The predicted octanol–water partition coefficient (Wildman–Crippen LogP) is 16.2. The molecule has 0 amide bonds. The first-order chi connectivity index (χ1) is 35.0. The van der Waals surface area contributed by atoms with Crippen LogP contribution in [-0.4, -0.2) is 52.9 Å². The molecule has 2 fully saturated rings. The van der Waals surface area contributed by atoms with Crippen LogP contribution in [0.1, 0.15) is 89.2 Å². The van der Waals surface area contributed by atoms with Gasteiger partial charge >= 0.3 is 0 Å². The average molecular weight is 993 g/mol. The third-order valence-electron chi connectivity index (χ3n) is 14.4. The number of anilines is 6. The number of halogens is 6. The van der Waals surface area contributed by atoms with E-state index in [1.807, 2.05) is 97.1 Å². The van der Waals surface area contributed by atoms with Crippen LogP contribution >= 0.6 is 0 Å². The maximum atomic E-state index is 14.7. The summed E-state index contributed by atoms with van der Waals surface area (Å²) in [5.74, 6) is -8.26. The molecule has 0 radical (unpaired) electrons. The van der Waals surface area contributed by atoms with Crippen molar-refractivity contribution < 1.29 is 45.3 Å². The van der Waals surface area contributed by atoms with Crippen LogP contribution in [0.4, 0.5) is 60.5 Å². The third-order valence-corrected chi connectivity index (χ3v) is 14.4. The summed E-state index contributed by atoms with van der Waals surface area (Å²) in [6.45, 7) is 10.5. The van der Waals surface area contributed by atoms with Crippen molar-refractivity contribution in [2.45, 2.75) is 90.9 Å². The molecule has 2 aliphatic rings. The average Bonchev–Trinajstić information content (AvgIpc) is 3.37. The topological polar surface area (TPSA) is 43.4 Å². The number of unbranched alkanes of at least 4 members (excludes halogenated alkanes) is 6. The summed E-state index contributed by atoms with van der Waals surface area (Å²) in [6.07, 6.45) is 12.2. The van der Waals surface area contributed by atoms with Gasteiger partial charge in [0, 0.05) is 71.1 Å². The molecular formula is C60H66F6N2O4. The largest absolute Gasteiger partial charge is 0.381 e. The fourth-order valence-corrected chi connectivity index (χ4v) is 9.38. The monoisotopic (exact) mass is 992 g/mol. The van der Waals surface area contributed by atoms with Crippen molar-refractivity contribution in [3.05, 3.63) is 167 Å². The molecule has 72 heavy (non-hydrogen) atoms. The highest BCUT2D eigenvalue weighted by Crippen LogP contribution is 2.40. The molecule has 0 atom stereocenters. The van der Waals surface area contributed by atoms with Crippen LogP contribution in [0.25, 0.3) is 11.1 Å². The Morgan fingerprint density at radius 3 is 1.00 bits per heavy atom. The Bertz CT molecular complexity index is 2420. The van der Waals surface area contributed by atoms with Crippen LogP contribution in [0.15, 0.2) is 121 Å². The molecule has 8 rings (SSSR count). The minimum Gasteiger partial charge on any atom is -0.381 e. The van der Waals surface area contributed by atoms with Crippen molar-refractivity contribution in [1.29, 1.82) is 0 Å². The van der Waals surface area contributed by atoms with Crippen LogP contribution in [0.2, 0.25) is 0 Å². The molecule has 2 aliphatic heterocycles. The number of hydrogen-bond donors (Lipinski definition) is 0. The lowest BCUT2D eigenvalue weighted by Crippen LogP contribution is -2.45. The maximum absolute atomic E-state index is 14.7. The first kappa shape index (κ1) is 52.7. The van der Waals surface area contributed by atoms with E-state index >= 15 is 0 Å². The van der Waals surface area contributed by atoms with Gasteiger partial charge in [0.25, 0.3) is 0 Å². The van der Waals surface area contributed by atoms with Gasteiger partial charge in [-0.1, -0.05) is 88.1 Å². The Kier molecular flexibility index (Phi) is 18.2. The van der Waals surface area contributed by atoms with Crippen molar-refractivity contribution >= 4 is 34.1 Å². The van der Waals surface area contributed by atoms with Gasteiger partial charge in [0.05, 0.1) is 51.0 Å². The van der Waals surface area contributed by atoms with E-state index in [4.69, 9.17) is 18.9 Å². The molecule has 0 N–H and O–H groups in total. The number of hydrogen-bond acceptors (Lipinski definition) is 6. The highest BCUT2D eigenvalue weighted by molar-refractivity contribution is 5.81. The van der Waals surface area contributed by atoms with Gasteiger partial charge in [0.15, 0.2) is 34.9 Å². The van der Waals surface area contributed by atoms with Crippen LogP contribution in [0.5, 0.6) is 0 Å². The molecule has 6 aromatic rings. The second kappa shape index (κ2) is 24.8. The summed E-state index contributed by atoms with van der Waals surface area (Å²) in [5.41, 5.74) is 6.98. The summed E-state index contributed by atoms with van der Waals surface area (Å²) in [6, 6.07) is 34.3. The molecule has 6 aromatic carbocycles. The highest BCUT2D eigenvalue weighted by atomic mass is 19.2. The summed E-state index contributed by atoms with van der Waals surface area (Å²) in [5, 5.41) is 0. The molecule has 0 aliphatic carbocycles. The van der Waals surface area contributed by atoms with Crippen molar-refractivity contribution in [2.24, 2.45) is 10.8 Å². The minimum absolute atomic E-state index is 0.118. The normalized spacial score (nSPS) is 14.7. The Hall–Kier alpha value is -5.66. The van der Waals surface area contributed by atoms with Gasteiger partial charge in [0.2, 0.25) is 0 Å². The first-order valence-corrected chi connectivity index (χ1v) is 25.6. The van der Waals surface area contributed by atoms with Crippen LogP contribution < -0.4 is 9.80 Å². The lowest BCUT2D eigenvalue weighted by Gasteiger charge is -2.40. The van der Waals surface area contributed by atoms with E-state index in [-0.39, 0.29) is 22.2 Å². The maximum Gasteiger partial charge on any atom is 0.194 e. The number of nitrogens with zero attached hydrogens (tertiary/aromatic N) is 2. The number of rotatable bonds is 27. The van der Waals surface area contributed by atoms with Crippen LogP contribution in [0.3, 0.4) is 0 Å². The minimum atomic E-state index is -1.54. The zero-order valence-electron chi connectivity index (χ0n) is 41.5. The van der Waals surface area contributed by atoms with Gasteiger partial charge < -0.3 is 28.7 Å². The second-order valence-electron chi connectivity index (χ2n) is 19.7. The Balaban J connectivity index is 0.914. The summed E-state index contributed by atoms with van der Waals surface area (Å²) >= 11 is 0. The quantitative estimate of drug-likeness (QED) is 0.0291. The molecule has 0 aromatic heterocycles. The van der Waals surface area contributed by atoms with Crippen LogP contribution in [-0.2, 0) is 31.8 Å². The summed E-state index contributed by atoms with van der Waals surface area (Å²) < 4.78 is 110. The molecule has 382 valence electrons. The standard InChI is InChI=1S/C60H66F6N2O4/c1-3-59(39-71-40-59)37-69-31-11-7-5-9-13-43-15-23-47(24-16-43)67(51-33-53(61)57(65)54(62)34-51)49-27-19-45(20-28-49)46-21-29-50(30-22-46)68(52-35-55(63)58(66)56(64)36-52)48-25-17-44(18-26-48)14-10-6-8-12-32-70-38-60(4-2)41-72-42-60/h15-30,33-36H,3-14,31-32,37-42H2,1-2H3. The van der Waals surface area contributed by atoms with Gasteiger partial charge in [0.1, 0.15) is 0 Å². The Labute approximate surface area is 420 Å². The van der Waals surface area contributed by atoms with E-state index in [1.165, 1.54) is 0 Å².